The van der Waals surface area contributed by atoms with Crippen molar-refractivity contribution in [3.63, 3.8) is 0 Å². The van der Waals surface area contributed by atoms with Crippen LogP contribution in [0.25, 0.3) is 0 Å². The first-order valence-electron chi connectivity index (χ1n) is 6.63. The van der Waals surface area contributed by atoms with E-state index in [0.29, 0.717) is 18.1 Å². The Hall–Kier alpha value is -0.860. The molecule has 4 nitrogen and oxygen atoms in total. The van der Waals surface area contributed by atoms with Crippen molar-refractivity contribution >= 4 is 27.5 Å². The lowest BCUT2D eigenvalue weighted by atomic mass is 9.96. The second-order valence-electron chi connectivity index (χ2n) is 5.10. The maximum atomic E-state index is 13.8. The number of rotatable bonds is 4. The Morgan fingerprint density at radius 3 is 2.43 bits per heavy atom. The third kappa shape index (κ3) is 3.67. The molecule has 1 aliphatic carbocycles. The molecule has 1 aromatic carbocycles. The van der Waals surface area contributed by atoms with Gasteiger partial charge in [0.25, 0.3) is 0 Å². The van der Waals surface area contributed by atoms with Gasteiger partial charge in [-0.1, -0.05) is 0 Å². The molecule has 1 aromatic rings. The number of nitrogens with two attached hydrogens (primary N) is 1. The summed E-state index contributed by atoms with van der Waals surface area (Å²) in [7, 11) is -4.03. The van der Waals surface area contributed by atoms with Gasteiger partial charge in [-0.3, -0.25) is 0 Å². The molecule has 1 saturated carbocycles. The number of halogens is 2. The third-order valence-electron chi connectivity index (χ3n) is 3.71. The number of hydrogen-bond acceptors (Lipinski definition) is 4. The SMILES string of the molecule is CSC1CCC(NS(=O)(=O)c2ccc(F)c(N)c2F)CC1. The van der Waals surface area contributed by atoms with E-state index in [1.807, 2.05) is 6.26 Å². The van der Waals surface area contributed by atoms with E-state index in [0.717, 1.165) is 25.0 Å². The van der Waals surface area contributed by atoms with Crippen molar-refractivity contribution in [1.29, 1.82) is 0 Å². The maximum Gasteiger partial charge on any atom is 0.243 e. The lowest BCUT2D eigenvalue weighted by molar-refractivity contribution is 0.419. The van der Waals surface area contributed by atoms with Gasteiger partial charge in [-0.05, 0) is 44.1 Å². The molecule has 0 aliphatic heterocycles. The van der Waals surface area contributed by atoms with Crippen LogP contribution in [0.5, 0.6) is 0 Å². The van der Waals surface area contributed by atoms with Crippen LogP contribution in [0.2, 0.25) is 0 Å². The van der Waals surface area contributed by atoms with Gasteiger partial charge < -0.3 is 5.73 Å². The highest BCUT2D eigenvalue weighted by Crippen LogP contribution is 2.28. The van der Waals surface area contributed by atoms with Crippen LogP contribution in [-0.4, -0.2) is 26.0 Å². The largest absolute Gasteiger partial charge is 0.394 e. The van der Waals surface area contributed by atoms with Crippen molar-refractivity contribution in [3.05, 3.63) is 23.8 Å². The van der Waals surface area contributed by atoms with Crippen LogP contribution in [0.3, 0.4) is 0 Å². The quantitative estimate of drug-likeness (QED) is 0.829. The Balaban J connectivity index is 2.15. The molecule has 1 aliphatic rings. The molecule has 2 rings (SSSR count). The zero-order valence-corrected chi connectivity index (χ0v) is 13.2. The van der Waals surface area contributed by atoms with Crippen molar-refractivity contribution in [2.24, 2.45) is 0 Å². The highest BCUT2D eigenvalue weighted by Gasteiger charge is 2.28. The first-order chi connectivity index (χ1) is 9.85. The summed E-state index contributed by atoms with van der Waals surface area (Å²) in [5.74, 6) is -2.20. The minimum Gasteiger partial charge on any atom is -0.394 e. The topological polar surface area (TPSA) is 72.2 Å². The number of benzene rings is 1. The van der Waals surface area contributed by atoms with Gasteiger partial charge in [-0.25, -0.2) is 21.9 Å². The number of thioether (sulfide) groups is 1. The fourth-order valence-corrected chi connectivity index (χ4v) is 4.59. The van der Waals surface area contributed by atoms with Crippen molar-refractivity contribution in [1.82, 2.24) is 4.72 Å². The van der Waals surface area contributed by atoms with Gasteiger partial charge in [0.05, 0.1) is 0 Å². The van der Waals surface area contributed by atoms with Crippen LogP contribution in [0.15, 0.2) is 17.0 Å². The lowest BCUT2D eigenvalue weighted by Crippen LogP contribution is -2.38. The number of sulfonamides is 1. The predicted molar refractivity (Wildman–Crippen MR) is 80.7 cm³/mol. The summed E-state index contributed by atoms with van der Waals surface area (Å²) in [6.07, 6.45) is 5.29. The van der Waals surface area contributed by atoms with Gasteiger partial charge in [0.2, 0.25) is 10.0 Å². The van der Waals surface area contributed by atoms with E-state index in [1.165, 1.54) is 0 Å². The molecule has 0 amide bonds. The molecular weight excluding hydrogens is 318 g/mol. The van der Waals surface area contributed by atoms with Crippen molar-refractivity contribution in [3.8, 4) is 0 Å². The molecule has 0 unspecified atom stereocenters. The number of nitrogen functional groups attached to an aromatic ring is 1. The molecule has 0 heterocycles. The van der Waals surface area contributed by atoms with Crippen molar-refractivity contribution in [2.45, 2.75) is 41.9 Å². The number of anilines is 1. The standard InChI is InChI=1S/C13H18F2N2O2S2/c1-20-9-4-2-8(3-5-9)17-21(18,19)11-7-6-10(14)13(16)12(11)15/h6-9,17H,2-5,16H2,1H3. The maximum absolute atomic E-state index is 13.8. The molecule has 118 valence electrons. The lowest BCUT2D eigenvalue weighted by Gasteiger charge is -2.27. The van der Waals surface area contributed by atoms with Crippen LogP contribution >= 0.6 is 11.8 Å². The number of hydrogen-bond donors (Lipinski definition) is 2. The summed E-state index contributed by atoms with van der Waals surface area (Å²) >= 11 is 1.77. The zero-order chi connectivity index (χ0) is 15.6. The fourth-order valence-electron chi connectivity index (χ4n) is 2.46. The van der Waals surface area contributed by atoms with E-state index in [4.69, 9.17) is 5.73 Å². The molecule has 3 N–H and O–H groups in total. The van der Waals surface area contributed by atoms with Gasteiger partial charge in [0, 0.05) is 11.3 Å². The smallest absolute Gasteiger partial charge is 0.243 e. The first kappa shape index (κ1) is 16.5. The average Bonchev–Trinajstić information content (AvgIpc) is 2.45. The fraction of sp³-hybridized carbons (Fsp3) is 0.538. The zero-order valence-electron chi connectivity index (χ0n) is 11.6. The highest BCUT2D eigenvalue weighted by molar-refractivity contribution is 7.99. The molecule has 0 spiro atoms. The summed E-state index contributed by atoms with van der Waals surface area (Å²) in [5, 5.41) is 0.545. The second-order valence-corrected chi connectivity index (χ2v) is 7.92. The summed E-state index contributed by atoms with van der Waals surface area (Å²) < 4.78 is 53.8. The Bertz CT molecular complexity index is 615. The van der Waals surface area contributed by atoms with E-state index in [1.54, 1.807) is 11.8 Å². The molecule has 0 aromatic heterocycles. The summed E-state index contributed by atoms with van der Waals surface area (Å²) in [6.45, 7) is 0. The van der Waals surface area contributed by atoms with E-state index in [2.05, 4.69) is 4.72 Å². The minimum absolute atomic E-state index is 0.218. The molecule has 0 saturated heterocycles. The molecule has 21 heavy (non-hydrogen) atoms. The average molecular weight is 336 g/mol. The summed E-state index contributed by atoms with van der Waals surface area (Å²) in [4.78, 5) is -0.603. The van der Waals surface area contributed by atoms with Crippen LogP contribution in [0.4, 0.5) is 14.5 Å². The Morgan fingerprint density at radius 2 is 1.86 bits per heavy atom. The highest BCUT2D eigenvalue weighted by atomic mass is 32.2. The normalized spacial score (nSPS) is 23.2. The Labute approximate surface area is 127 Å². The van der Waals surface area contributed by atoms with E-state index < -0.39 is 32.2 Å². The third-order valence-corrected chi connectivity index (χ3v) is 6.39. The first-order valence-corrected chi connectivity index (χ1v) is 9.41. The minimum atomic E-state index is -4.03. The molecule has 1 fully saturated rings. The summed E-state index contributed by atoms with van der Waals surface area (Å²) in [5.41, 5.74) is 4.43. The van der Waals surface area contributed by atoms with Crippen LogP contribution in [-0.2, 0) is 10.0 Å². The molecule has 8 heteroatoms. The van der Waals surface area contributed by atoms with Crippen LogP contribution in [0, 0.1) is 11.6 Å². The number of nitrogens with one attached hydrogen (secondary N) is 1. The summed E-state index contributed by atoms with van der Waals surface area (Å²) in [6, 6.07) is 1.54. The van der Waals surface area contributed by atoms with Crippen LogP contribution < -0.4 is 10.5 Å². The predicted octanol–water partition coefficient (Wildman–Crippen LogP) is 2.50. The van der Waals surface area contributed by atoms with Gasteiger partial charge in [0.1, 0.15) is 16.4 Å². The van der Waals surface area contributed by atoms with E-state index in [9.17, 15) is 17.2 Å². The van der Waals surface area contributed by atoms with Crippen molar-refractivity contribution < 1.29 is 17.2 Å². The molecule has 0 bridgehead atoms. The molecule has 0 atom stereocenters. The Kier molecular flexibility index (Phi) is 5.11. The second kappa shape index (κ2) is 6.50. The van der Waals surface area contributed by atoms with Crippen molar-refractivity contribution in [2.75, 3.05) is 12.0 Å². The van der Waals surface area contributed by atoms with Gasteiger partial charge in [0.15, 0.2) is 5.82 Å². The molecular formula is C13H18F2N2O2S2. The Morgan fingerprint density at radius 1 is 1.24 bits per heavy atom. The van der Waals surface area contributed by atoms with Gasteiger partial charge >= 0.3 is 0 Å². The van der Waals surface area contributed by atoms with E-state index in [-0.39, 0.29) is 6.04 Å². The van der Waals surface area contributed by atoms with Crippen LogP contribution in [0.1, 0.15) is 25.7 Å². The molecule has 0 radical (unpaired) electrons. The van der Waals surface area contributed by atoms with E-state index >= 15 is 0 Å². The van der Waals surface area contributed by atoms with Gasteiger partial charge in [-0.2, -0.15) is 11.8 Å². The monoisotopic (exact) mass is 336 g/mol. The van der Waals surface area contributed by atoms with Gasteiger partial charge in [-0.15, -0.1) is 0 Å².